The molecule has 2 atom stereocenters. The fraction of sp³-hybridized carbons (Fsp3) is 0.545. The summed E-state index contributed by atoms with van der Waals surface area (Å²) in [4.78, 5) is 26.8. The van der Waals surface area contributed by atoms with Crippen molar-refractivity contribution in [3.63, 3.8) is 0 Å². The predicted molar refractivity (Wildman–Crippen MR) is 112 cm³/mol. The molecule has 31 heavy (non-hydrogen) atoms. The second-order valence-corrected chi connectivity index (χ2v) is 8.36. The molecule has 9 heteroatoms. The lowest BCUT2D eigenvalue weighted by Gasteiger charge is -2.20. The van der Waals surface area contributed by atoms with Gasteiger partial charge < -0.3 is 24.3 Å². The fourth-order valence-electron chi connectivity index (χ4n) is 4.04. The number of nitrogens with one attached hydrogen (secondary N) is 1. The molecule has 2 aliphatic heterocycles. The molecule has 9 nitrogen and oxygen atoms in total. The Morgan fingerprint density at radius 3 is 2.45 bits per heavy atom. The third-order valence-electron chi connectivity index (χ3n) is 5.86. The van der Waals surface area contributed by atoms with Gasteiger partial charge in [0.05, 0.1) is 25.7 Å². The van der Waals surface area contributed by atoms with Gasteiger partial charge in [-0.2, -0.15) is 0 Å². The van der Waals surface area contributed by atoms with E-state index in [9.17, 15) is 9.59 Å². The highest BCUT2D eigenvalue weighted by Gasteiger charge is 2.39. The van der Waals surface area contributed by atoms with Gasteiger partial charge in [-0.3, -0.25) is 9.59 Å². The summed E-state index contributed by atoms with van der Waals surface area (Å²) in [5.41, 5.74) is 3.28. The number of carbonyl (C=O) groups is 2. The van der Waals surface area contributed by atoms with Crippen LogP contribution in [0, 0.1) is 13.8 Å². The van der Waals surface area contributed by atoms with E-state index in [1.807, 2.05) is 32.0 Å². The minimum Gasteiger partial charge on any atom is -0.371 e. The summed E-state index contributed by atoms with van der Waals surface area (Å²) in [6, 6.07) is 5.94. The number of fused-ring (bicyclic) bond motifs is 1. The predicted octanol–water partition coefficient (Wildman–Crippen LogP) is 0.639. The number of ether oxygens (including phenoxy) is 2. The molecule has 1 aromatic carbocycles. The number of carbonyl (C=O) groups excluding carboxylic acids is 2. The third kappa shape index (κ3) is 5.48. The first kappa shape index (κ1) is 21.5. The van der Waals surface area contributed by atoms with Gasteiger partial charge in [0.1, 0.15) is 24.9 Å². The number of amides is 2. The highest BCUT2D eigenvalue weighted by molar-refractivity contribution is 5.79. The first-order valence-electron chi connectivity index (χ1n) is 10.7. The van der Waals surface area contributed by atoms with Crippen LogP contribution in [-0.2, 0) is 32.0 Å². The standard InChI is InChI=1S/C22H29N5O4/c1-15-3-4-16(2)17(7-15)8-21(28)25-18-11-30-19-9-27(10-20(19)31-12-18)22(29)5-6-26-13-23-24-14-26/h3-4,7,13-14,18-20H,5-6,8-12H2,1-2H3,(H,25,28)/t19-,20-/m0/s1. The SMILES string of the molecule is Cc1ccc(C)c(CC(=O)NC2CO[C@H]3CN(C(=O)CCn4cnnc4)C[C@@H]3OC2)c1. The zero-order chi connectivity index (χ0) is 21.8. The van der Waals surface area contributed by atoms with Crippen molar-refractivity contribution in [2.24, 2.45) is 0 Å². The summed E-state index contributed by atoms with van der Waals surface area (Å²) in [5, 5.41) is 10.5. The van der Waals surface area contributed by atoms with Crippen molar-refractivity contribution in [2.75, 3.05) is 26.3 Å². The molecule has 0 radical (unpaired) electrons. The second-order valence-electron chi connectivity index (χ2n) is 8.36. The molecule has 0 saturated carbocycles. The zero-order valence-electron chi connectivity index (χ0n) is 18.0. The van der Waals surface area contributed by atoms with E-state index in [1.165, 1.54) is 0 Å². The fourth-order valence-corrected chi connectivity index (χ4v) is 4.04. The molecular weight excluding hydrogens is 398 g/mol. The number of rotatable bonds is 6. The first-order valence-corrected chi connectivity index (χ1v) is 10.7. The van der Waals surface area contributed by atoms with Gasteiger partial charge in [0, 0.05) is 26.1 Å². The topological polar surface area (TPSA) is 98.6 Å². The average molecular weight is 428 g/mol. The normalized spacial score (nSPS) is 21.5. The van der Waals surface area contributed by atoms with E-state index in [2.05, 4.69) is 15.5 Å². The zero-order valence-corrected chi connectivity index (χ0v) is 18.0. The van der Waals surface area contributed by atoms with Crippen LogP contribution in [0.25, 0.3) is 0 Å². The summed E-state index contributed by atoms with van der Waals surface area (Å²) in [6.45, 7) is 6.36. The average Bonchev–Trinajstić information content (AvgIpc) is 3.37. The quantitative estimate of drug-likeness (QED) is 0.727. The Labute approximate surface area is 181 Å². The lowest BCUT2D eigenvalue weighted by Crippen LogP contribution is -2.42. The Morgan fingerprint density at radius 2 is 1.77 bits per heavy atom. The van der Waals surface area contributed by atoms with Crippen molar-refractivity contribution < 1.29 is 19.1 Å². The van der Waals surface area contributed by atoms with Crippen LogP contribution in [0.15, 0.2) is 30.9 Å². The van der Waals surface area contributed by atoms with Crippen LogP contribution in [-0.4, -0.2) is 76.0 Å². The Balaban J connectivity index is 1.23. The maximum absolute atomic E-state index is 12.5. The van der Waals surface area contributed by atoms with Crippen molar-refractivity contribution >= 4 is 11.8 Å². The Hall–Kier alpha value is -2.78. The minimum atomic E-state index is -0.193. The number of aryl methyl sites for hydroxylation is 3. The highest BCUT2D eigenvalue weighted by Crippen LogP contribution is 2.21. The molecule has 4 rings (SSSR count). The van der Waals surface area contributed by atoms with Gasteiger partial charge >= 0.3 is 0 Å². The minimum absolute atomic E-state index is 0.0382. The molecule has 2 amide bonds. The van der Waals surface area contributed by atoms with Gasteiger partial charge in [-0.1, -0.05) is 23.8 Å². The second kappa shape index (κ2) is 9.57. The first-order chi connectivity index (χ1) is 15.0. The summed E-state index contributed by atoms with van der Waals surface area (Å²) >= 11 is 0. The van der Waals surface area contributed by atoms with Crippen LogP contribution in [0.4, 0.5) is 0 Å². The van der Waals surface area contributed by atoms with Gasteiger partial charge in [-0.15, -0.1) is 10.2 Å². The number of benzene rings is 1. The smallest absolute Gasteiger partial charge is 0.224 e. The van der Waals surface area contributed by atoms with Crippen LogP contribution in [0.1, 0.15) is 23.1 Å². The maximum atomic E-state index is 12.5. The van der Waals surface area contributed by atoms with Gasteiger partial charge in [-0.05, 0) is 25.0 Å². The van der Waals surface area contributed by atoms with Crippen LogP contribution in [0.2, 0.25) is 0 Å². The van der Waals surface area contributed by atoms with Crippen molar-refractivity contribution in [1.29, 1.82) is 0 Å². The number of hydrogen-bond donors (Lipinski definition) is 1. The molecule has 2 aromatic rings. The molecular formula is C22H29N5O4. The van der Waals surface area contributed by atoms with E-state index in [1.54, 1.807) is 22.1 Å². The van der Waals surface area contributed by atoms with E-state index in [0.717, 1.165) is 16.7 Å². The Kier molecular flexibility index (Phi) is 6.62. The Morgan fingerprint density at radius 1 is 1.10 bits per heavy atom. The largest absolute Gasteiger partial charge is 0.371 e. The van der Waals surface area contributed by atoms with E-state index in [4.69, 9.17) is 9.47 Å². The lowest BCUT2D eigenvalue weighted by atomic mass is 10.0. The van der Waals surface area contributed by atoms with Crippen LogP contribution < -0.4 is 5.32 Å². The van der Waals surface area contributed by atoms with Crippen molar-refractivity contribution in [2.45, 2.75) is 51.5 Å². The molecule has 1 N–H and O–H groups in total. The molecule has 0 spiro atoms. The number of aromatic nitrogens is 3. The molecule has 2 fully saturated rings. The van der Waals surface area contributed by atoms with E-state index < -0.39 is 0 Å². The molecule has 2 aliphatic rings. The summed E-state index contributed by atoms with van der Waals surface area (Å²) in [5.74, 6) is 0.0242. The molecule has 1 aromatic heterocycles. The van der Waals surface area contributed by atoms with Crippen LogP contribution in [0.3, 0.4) is 0 Å². The van der Waals surface area contributed by atoms with Crippen molar-refractivity contribution in [3.05, 3.63) is 47.5 Å². The molecule has 0 aliphatic carbocycles. The molecule has 2 saturated heterocycles. The van der Waals surface area contributed by atoms with Crippen LogP contribution in [0.5, 0.6) is 0 Å². The Bertz CT molecular complexity index is 901. The van der Waals surface area contributed by atoms with Gasteiger partial charge in [0.25, 0.3) is 0 Å². The summed E-state index contributed by atoms with van der Waals surface area (Å²) in [7, 11) is 0. The van der Waals surface area contributed by atoms with Crippen molar-refractivity contribution in [3.8, 4) is 0 Å². The molecule has 0 unspecified atom stereocenters. The van der Waals surface area contributed by atoms with E-state index >= 15 is 0 Å². The maximum Gasteiger partial charge on any atom is 0.224 e. The monoisotopic (exact) mass is 427 g/mol. The molecule has 0 bridgehead atoms. The summed E-state index contributed by atoms with van der Waals surface area (Å²) in [6.07, 6.45) is 3.59. The van der Waals surface area contributed by atoms with Gasteiger partial charge in [0.2, 0.25) is 11.8 Å². The number of hydrogen-bond acceptors (Lipinski definition) is 6. The number of likely N-dealkylation sites (tertiary alicyclic amines) is 1. The van der Waals surface area contributed by atoms with Crippen molar-refractivity contribution in [1.82, 2.24) is 25.0 Å². The third-order valence-corrected chi connectivity index (χ3v) is 5.86. The van der Waals surface area contributed by atoms with Gasteiger partial charge in [0.15, 0.2) is 0 Å². The van der Waals surface area contributed by atoms with Gasteiger partial charge in [-0.25, -0.2) is 0 Å². The van der Waals surface area contributed by atoms with E-state index in [-0.39, 0.29) is 30.1 Å². The highest BCUT2D eigenvalue weighted by atomic mass is 16.6. The molecule has 166 valence electrons. The lowest BCUT2D eigenvalue weighted by molar-refractivity contribution is -0.131. The van der Waals surface area contributed by atoms with E-state index in [0.29, 0.717) is 45.7 Å². The summed E-state index contributed by atoms with van der Waals surface area (Å²) < 4.78 is 13.8. The van der Waals surface area contributed by atoms with Crippen LogP contribution >= 0.6 is 0 Å². The molecule has 3 heterocycles. The number of nitrogens with zero attached hydrogens (tertiary/aromatic N) is 4.